The van der Waals surface area contributed by atoms with Gasteiger partial charge in [-0.15, -0.1) is 11.3 Å². The Morgan fingerprint density at radius 3 is 3.00 bits per heavy atom. The van der Waals surface area contributed by atoms with Crippen LogP contribution in [-0.4, -0.2) is 35.9 Å². The SMILES string of the molecule is CC(=O)C[C@H]1CCC[C@H](NC(=O)Cc2cccs2)B(O)O1. The number of carbonyl (C=O) groups is 2. The standard InChI is InChI=1S/C14H20BNO4S/c1-10(17)8-11-4-2-6-13(15(19)20-11)16-14(18)9-12-5-3-7-21-12/h3,5,7,11,13,19H,2,4,6,8-9H2,1H3,(H,16,18)/t11-,13+/m1/s1. The first-order valence-corrected chi connectivity index (χ1v) is 8.07. The third-order valence-electron chi connectivity index (χ3n) is 3.49. The molecule has 1 aliphatic rings. The largest absolute Gasteiger partial charge is 0.478 e. The fourth-order valence-electron chi connectivity index (χ4n) is 2.51. The molecule has 1 amide bonds. The number of hydrogen-bond donors (Lipinski definition) is 2. The Hall–Kier alpha value is -1.18. The molecule has 2 rings (SSSR count). The molecule has 1 aromatic rings. The van der Waals surface area contributed by atoms with Gasteiger partial charge in [-0.25, -0.2) is 0 Å². The lowest BCUT2D eigenvalue weighted by atomic mass is 9.76. The molecule has 1 saturated heterocycles. The van der Waals surface area contributed by atoms with E-state index in [2.05, 4.69) is 5.32 Å². The Bertz CT molecular complexity index is 479. The molecule has 21 heavy (non-hydrogen) atoms. The van der Waals surface area contributed by atoms with Gasteiger partial charge >= 0.3 is 7.12 Å². The Morgan fingerprint density at radius 1 is 1.52 bits per heavy atom. The molecule has 7 heteroatoms. The molecule has 0 bridgehead atoms. The number of carbonyl (C=O) groups excluding carboxylic acids is 2. The van der Waals surface area contributed by atoms with E-state index in [4.69, 9.17) is 4.65 Å². The molecule has 114 valence electrons. The van der Waals surface area contributed by atoms with Gasteiger partial charge in [-0.05, 0) is 37.6 Å². The highest BCUT2D eigenvalue weighted by atomic mass is 32.1. The minimum atomic E-state index is -1.05. The van der Waals surface area contributed by atoms with E-state index in [9.17, 15) is 14.6 Å². The van der Waals surface area contributed by atoms with Gasteiger partial charge in [0.25, 0.3) is 0 Å². The molecule has 0 radical (unpaired) electrons. The highest BCUT2D eigenvalue weighted by Gasteiger charge is 2.34. The summed E-state index contributed by atoms with van der Waals surface area (Å²) >= 11 is 1.53. The van der Waals surface area contributed by atoms with Gasteiger partial charge in [0, 0.05) is 17.4 Å². The zero-order valence-electron chi connectivity index (χ0n) is 12.1. The van der Waals surface area contributed by atoms with Crippen LogP contribution in [0.25, 0.3) is 0 Å². The third kappa shape index (κ3) is 5.26. The molecule has 2 atom stereocenters. The number of amides is 1. The van der Waals surface area contributed by atoms with Crippen LogP contribution in [-0.2, 0) is 20.7 Å². The van der Waals surface area contributed by atoms with Crippen molar-refractivity contribution < 1.29 is 19.3 Å². The van der Waals surface area contributed by atoms with Gasteiger partial charge in [-0.1, -0.05) is 6.07 Å². The number of rotatable bonds is 5. The average molecular weight is 309 g/mol. The normalized spacial score (nSPS) is 22.7. The molecule has 1 aliphatic heterocycles. The van der Waals surface area contributed by atoms with Crippen molar-refractivity contribution in [3.05, 3.63) is 22.4 Å². The van der Waals surface area contributed by atoms with Gasteiger partial charge in [-0.3, -0.25) is 9.59 Å². The second-order valence-electron chi connectivity index (χ2n) is 5.42. The minimum Gasteiger partial charge on any atom is -0.426 e. The molecule has 0 saturated carbocycles. The van der Waals surface area contributed by atoms with E-state index in [1.165, 1.54) is 18.3 Å². The average Bonchev–Trinajstić information content (AvgIpc) is 2.83. The van der Waals surface area contributed by atoms with Gasteiger partial charge in [0.15, 0.2) is 0 Å². The van der Waals surface area contributed by atoms with E-state index in [1.54, 1.807) is 0 Å². The van der Waals surface area contributed by atoms with Gasteiger partial charge in [0.1, 0.15) is 5.78 Å². The first kappa shape index (κ1) is 16.2. The van der Waals surface area contributed by atoms with Crippen LogP contribution in [0.2, 0.25) is 0 Å². The highest BCUT2D eigenvalue weighted by molar-refractivity contribution is 7.10. The summed E-state index contributed by atoms with van der Waals surface area (Å²) in [5, 5.41) is 14.8. The van der Waals surface area contributed by atoms with Crippen LogP contribution in [0.1, 0.15) is 37.5 Å². The summed E-state index contributed by atoms with van der Waals surface area (Å²) in [6.45, 7) is 1.51. The van der Waals surface area contributed by atoms with Crippen LogP contribution < -0.4 is 5.32 Å². The van der Waals surface area contributed by atoms with Gasteiger partial charge in [0.2, 0.25) is 5.91 Å². The van der Waals surface area contributed by atoms with E-state index in [0.29, 0.717) is 19.3 Å². The van der Waals surface area contributed by atoms with Gasteiger partial charge < -0.3 is 15.0 Å². The zero-order chi connectivity index (χ0) is 15.2. The van der Waals surface area contributed by atoms with Crippen molar-refractivity contribution in [2.24, 2.45) is 0 Å². The predicted octanol–water partition coefficient (Wildman–Crippen LogP) is 1.34. The van der Waals surface area contributed by atoms with E-state index in [1.807, 2.05) is 17.5 Å². The van der Waals surface area contributed by atoms with E-state index < -0.39 is 13.1 Å². The first-order chi connectivity index (χ1) is 10.0. The lowest BCUT2D eigenvalue weighted by Gasteiger charge is -2.20. The molecule has 0 aromatic carbocycles. The minimum absolute atomic E-state index is 0.0485. The van der Waals surface area contributed by atoms with Crippen molar-refractivity contribution >= 4 is 30.1 Å². The Morgan fingerprint density at radius 2 is 2.33 bits per heavy atom. The zero-order valence-corrected chi connectivity index (χ0v) is 12.9. The van der Waals surface area contributed by atoms with E-state index >= 15 is 0 Å². The molecule has 1 aromatic heterocycles. The summed E-state index contributed by atoms with van der Waals surface area (Å²) in [4.78, 5) is 24.1. The molecular weight excluding hydrogens is 289 g/mol. The molecule has 0 unspecified atom stereocenters. The first-order valence-electron chi connectivity index (χ1n) is 7.19. The van der Waals surface area contributed by atoms with Crippen LogP contribution in [0.5, 0.6) is 0 Å². The number of nitrogens with one attached hydrogen (secondary N) is 1. The second-order valence-corrected chi connectivity index (χ2v) is 6.45. The summed E-state index contributed by atoms with van der Waals surface area (Å²) in [5.41, 5.74) is 0. The van der Waals surface area contributed by atoms with Crippen molar-refractivity contribution in [2.75, 3.05) is 0 Å². The molecule has 5 nitrogen and oxygen atoms in total. The summed E-state index contributed by atoms with van der Waals surface area (Å²) in [6.07, 6.45) is 2.58. The molecule has 0 aliphatic carbocycles. The Kier molecular flexibility index (Phi) is 5.96. The fraction of sp³-hybridized carbons (Fsp3) is 0.571. The van der Waals surface area contributed by atoms with Crippen molar-refractivity contribution in [3.8, 4) is 0 Å². The highest BCUT2D eigenvalue weighted by Crippen LogP contribution is 2.19. The fourth-order valence-corrected chi connectivity index (χ4v) is 3.22. The van der Waals surface area contributed by atoms with Crippen molar-refractivity contribution in [1.82, 2.24) is 5.32 Å². The van der Waals surface area contributed by atoms with Crippen LogP contribution in [0.3, 0.4) is 0 Å². The molecule has 0 spiro atoms. The number of ketones is 1. The molecule has 2 N–H and O–H groups in total. The smallest absolute Gasteiger partial charge is 0.426 e. The number of hydrogen-bond acceptors (Lipinski definition) is 5. The topological polar surface area (TPSA) is 75.6 Å². The van der Waals surface area contributed by atoms with Crippen LogP contribution in [0.15, 0.2) is 17.5 Å². The van der Waals surface area contributed by atoms with Crippen LogP contribution in [0.4, 0.5) is 0 Å². The van der Waals surface area contributed by atoms with E-state index in [0.717, 1.165) is 17.7 Å². The molecule has 2 heterocycles. The summed E-state index contributed by atoms with van der Waals surface area (Å²) in [6, 6.07) is 3.82. The van der Waals surface area contributed by atoms with Crippen LogP contribution in [0, 0.1) is 0 Å². The third-order valence-corrected chi connectivity index (χ3v) is 4.37. The number of thiophene rings is 1. The van der Waals surface area contributed by atoms with E-state index in [-0.39, 0.29) is 17.8 Å². The number of Topliss-reactive ketones (excluding diaryl/α,β-unsaturated/α-hetero) is 1. The monoisotopic (exact) mass is 309 g/mol. The lowest BCUT2D eigenvalue weighted by Crippen LogP contribution is -2.48. The van der Waals surface area contributed by atoms with Gasteiger partial charge in [-0.2, -0.15) is 0 Å². The maximum absolute atomic E-state index is 12.0. The van der Waals surface area contributed by atoms with Crippen molar-refractivity contribution in [1.29, 1.82) is 0 Å². The summed E-state index contributed by atoms with van der Waals surface area (Å²) in [5.74, 6) is -0.475. The maximum Gasteiger partial charge on any atom is 0.478 e. The molecular formula is C14H20BNO4S. The quantitative estimate of drug-likeness (QED) is 0.805. The summed E-state index contributed by atoms with van der Waals surface area (Å²) in [7, 11) is -1.05. The Labute approximate surface area is 128 Å². The molecule has 1 fully saturated rings. The maximum atomic E-state index is 12.0. The van der Waals surface area contributed by atoms with Crippen LogP contribution >= 0.6 is 11.3 Å². The Balaban J connectivity index is 1.85. The lowest BCUT2D eigenvalue weighted by molar-refractivity contribution is -0.121. The predicted molar refractivity (Wildman–Crippen MR) is 81.9 cm³/mol. The van der Waals surface area contributed by atoms with Crippen molar-refractivity contribution in [3.63, 3.8) is 0 Å². The second kappa shape index (κ2) is 7.73. The van der Waals surface area contributed by atoms with Gasteiger partial charge in [0.05, 0.1) is 12.4 Å². The summed E-state index contributed by atoms with van der Waals surface area (Å²) < 4.78 is 5.49. The van der Waals surface area contributed by atoms with Crippen molar-refractivity contribution in [2.45, 2.75) is 51.1 Å².